The molecule has 2 amide bonds. The molecule has 1 heterocycles. The second-order valence-electron chi connectivity index (χ2n) is 3.88. The smallest absolute Gasteiger partial charge is 0.267 e. The number of hydrogen-bond acceptors (Lipinski definition) is 3. The Kier molecular flexibility index (Phi) is 4.19. The molecule has 0 atom stereocenters. The Morgan fingerprint density at radius 1 is 1.00 bits per heavy atom. The third-order valence-corrected chi connectivity index (χ3v) is 3.63. The minimum absolute atomic E-state index is 0.365. The van der Waals surface area contributed by atoms with Crippen LogP contribution in [0.25, 0.3) is 0 Å². The van der Waals surface area contributed by atoms with Crippen molar-refractivity contribution >= 4 is 34.8 Å². The number of nitrogens with one attached hydrogen (secondary N) is 2. The van der Waals surface area contributed by atoms with E-state index in [0.29, 0.717) is 14.8 Å². The van der Waals surface area contributed by atoms with Gasteiger partial charge in [0, 0.05) is 5.56 Å². The monoisotopic (exact) mass is 294 g/mol. The van der Waals surface area contributed by atoms with Crippen LogP contribution in [0.15, 0.2) is 36.4 Å². The molecule has 4 nitrogen and oxygen atoms in total. The minimum Gasteiger partial charge on any atom is -0.267 e. The van der Waals surface area contributed by atoms with E-state index in [2.05, 4.69) is 10.9 Å². The quantitative estimate of drug-likeness (QED) is 0.837. The molecule has 2 rings (SSSR count). The number of hydrogen-bond donors (Lipinski definition) is 2. The summed E-state index contributed by atoms with van der Waals surface area (Å²) in [6, 6.07) is 10.3. The molecule has 2 N–H and O–H groups in total. The maximum absolute atomic E-state index is 11.7. The highest BCUT2D eigenvalue weighted by Crippen LogP contribution is 2.20. The molecule has 0 spiro atoms. The summed E-state index contributed by atoms with van der Waals surface area (Å²) in [6.45, 7) is 1.93. The summed E-state index contributed by atoms with van der Waals surface area (Å²) < 4.78 is 0.523. The second-order valence-corrected chi connectivity index (χ2v) is 5.59. The summed E-state index contributed by atoms with van der Waals surface area (Å²) in [5, 5.41) is 0. The molecule has 0 aliphatic carbocycles. The summed E-state index contributed by atoms with van der Waals surface area (Å²) in [5.41, 5.74) is 6.23. The van der Waals surface area contributed by atoms with Gasteiger partial charge in [0.1, 0.15) is 0 Å². The lowest BCUT2D eigenvalue weighted by Crippen LogP contribution is -2.41. The van der Waals surface area contributed by atoms with Crippen LogP contribution in [0.4, 0.5) is 0 Å². The van der Waals surface area contributed by atoms with Gasteiger partial charge in [0.15, 0.2) is 0 Å². The fraction of sp³-hybridized carbons (Fsp3) is 0.0769. The van der Waals surface area contributed by atoms with Crippen LogP contribution in [0.2, 0.25) is 4.34 Å². The fourth-order valence-corrected chi connectivity index (χ4v) is 2.33. The molecule has 0 saturated heterocycles. The van der Waals surface area contributed by atoms with Crippen LogP contribution in [0.5, 0.6) is 0 Å². The maximum Gasteiger partial charge on any atom is 0.279 e. The van der Waals surface area contributed by atoms with Gasteiger partial charge in [-0.3, -0.25) is 20.4 Å². The Balaban J connectivity index is 1.93. The van der Waals surface area contributed by atoms with Crippen molar-refractivity contribution in [1.82, 2.24) is 10.9 Å². The summed E-state index contributed by atoms with van der Waals surface area (Å²) in [4.78, 5) is 23.9. The highest BCUT2D eigenvalue weighted by Gasteiger charge is 2.10. The van der Waals surface area contributed by atoms with E-state index in [1.165, 1.54) is 0 Å². The lowest BCUT2D eigenvalue weighted by Gasteiger charge is -2.06. The highest BCUT2D eigenvalue weighted by molar-refractivity contribution is 7.17. The molecule has 0 fully saturated rings. The first-order valence-electron chi connectivity index (χ1n) is 5.49. The zero-order chi connectivity index (χ0) is 13.8. The number of carbonyl (C=O) groups excluding carboxylic acids is 2. The van der Waals surface area contributed by atoms with Gasteiger partial charge in [-0.05, 0) is 31.2 Å². The van der Waals surface area contributed by atoms with Crippen molar-refractivity contribution in [3.63, 3.8) is 0 Å². The van der Waals surface area contributed by atoms with E-state index in [1.807, 2.05) is 19.1 Å². The predicted octanol–water partition coefficient (Wildman–Crippen LogP) is 2.78. The molecule has 19 heavy (non-hydrogen) atoms. The van der Waals surface area contributed by atoms with Crippen molar-refractivity contribution in [3.8, 4) is 0 Å². The molecule has 98 valence electrons. The molecule has 1 aromatic heterocycles. The number of hydrazine groups is 1. The number of benzene rings is 1. The zero-order valence-electron chi connectivity index (χ0n) is 10.1. The lowest BCUT2D eigenvalue weighted by atomic mass is 10.1. The number of amides is 2. The second kappa shape index (κ2) is 5.86. The van der Waals surface area contributed by atoms with E-state index < -0.39 is 5.91 Å². The first-order chi connectivity index (χ1) is 9.06. The Morgan fingerprint density at radius 2 is 1.63 bits per heavy atom. The third-order valence-electron chi connectivity index (χ3n) is 2.40. The molecular weight excluding hydrogens is 284 g/mol. The van der Waals surface area contributed by atoms with E-state index in [-0.39, 0.29) is 5.91 Å². The van der Waals surface area contributed by atoms with Gasteiger partial charge < -0.3 is 0 Å². The summed E-state index contributed by atoms with van der Waals surface area (Å²) in [6.07, 6.45) is 0. The SMILES string of the molecule is Cc1ccc(C(=O)NNC(=O)c2ccc(Cl)s2)cc1. The number of carbonyl (C=O) groups is 2. The Bertz CT molecular complexity index is 607. The van der Waals surface area contributed by atoms with E-state index in [1.54, 1.807) is 24.3 Å². The summed E-state index contributed by atoms with van der Waals surface area (Å²) in [5.74, 6) is -0.756. The van der Waals surface area contributed by atoms with Gasteiger partial charge in [0.25, 0.3) is 11.8 Å². The van der Waals surface area contributed by atoms with Gasteiger partial charge in [-0.1, -0.05) is 29.3 Å². The molecule has 0 unspecified atom stereocenters. The Hall–Kier alpha value is -1.85. The van der Waals surface area contributed by atoms with Gasteiger partial charge in [0.2, 0.25) is 0 Å². The number of aryl methyl sites for hydroxylation is 1. The first kappa shape index (κ1) is 13.6. The van der Waals surface area contributed by atoms with Crippen LogP contribution < -0.4 is 10.9 Å². The first-order valence-corrected chi connectivity index (χ1v) is 6.68. The predicted molar refractivity (Wildman–Crippen MR) is 75.4 cm³/mol. The van der Waals surface area contributed by atoms with Crippen molar-refractivity contribution in [3.05, 3.63) is 56.7 Å². The maximum atomic E-state index is 11.7. The number of rotatable bonds is 2. The standard InChI is InChI=1S/C13H11ClN2O2S/c1-8-2-4-9(5-3-8)12(17)15-16-13(18)10-6-7-11(14)19-10/h2-7H,1H3,(H,15,17)(H,16,18). The van der Waals surface area contributed by atoms with Crippen LogP contribution >= 0.6 is 22.9 Å². The fourth-order valence-electron chi connectivity index (χ4n) is 1.39. The molecule has 0 radical (unpaired) electrons. The van der Waals surface area contributed by atoms with Crippen LogP contribution in [-0.2, 0) is 0 Å². The van der Waals surface area contributed by atoms with Gasteiger partial charge in [-0.25, -0.2) is 0 Å². The lowest BCUT2D eigenvalue weighted by molar-refractivity contribution is 0.0849. The normalized spacial score (nSPS) is 10.0. The number of thiophene rings is 1. The average molecular weight is 295 g/mol. The summed E-state index contributed by atoms with van der Waals surface area (Å²) >= 11 is 6.88. The average Bonchev–Trinajstić information content (AvgIpc) is 2.83. The summed E-state index contributed by atoms with van der Waals surface area (Å²) in [7, 11) is 0. The van der Waals surface area contributed by atoms with E-state index in [4.69, 9.17) is 11.6 Å². The van der Waals surface area contributed by atoms with Gasteiger partial charge in [0.05, 0.1) is 9.21 Å². The minimum atomic E-state index is -0.391. The van der Waals surface area contributed by atoms with Crippen molar-refractivity contribution in [2.45, 2.75) is 6.92 Å². The van der Waals surface area contributed by atoms with Crippen LogP contribution in [0.3, 0.4) is 0 Å². The van der Waals surface area contributed by atoms with Gasteiger partial charge in [-0.2, -0.15) is 0 Å². The topological polar surface area (TPSA) is 58.2 Å². The van der Waals surface area contributed by atoms with Crippen molar-refractivity contribution in [1.29, 1.82) is 0 Å². The highest BCUT2D eigenvalue weighted by atomic mass is 35.5. The molecule has 1 aromatic carbocycles. The molecule has 0 aliphatic rings. The largest absolute Gasteiger partial charge is 0.279 e. The molecular formula is C13H11ClN2O2S. The molecule has 0 saturated carbocycles. The van der Waals surface area contributed by atoms with Crippen molar-refractivity contribution < 1.29 is 9.59 Å². The Labute approximate surface area is 119 Å². The van der Waals surface area contributed by atoms with Crippen molar-refractivity contribution in [2.75, 3.05) is 0 Å². The van der Waals surface area contributed by atoms with Crippen LogP contribution in [0, 0.1) is 6.92 Å². The van der Waals surface area contributed by atoms with Gasteiger partial charge in [-0.15, -0.1) is 11.3 Å². The molecule has 0 bridgehead atoms. The van der Waals surface area contributed by atoms with Crippen LogP contribution in [-0.4, -0.2) is 11.8 Å². The van der Waals surface area contributed by atoms with Crippen LogP contribution in [0.1, 0.15) is 25.6 Å². The van der Waals surface area contributed by atoms with E-state index in [9.17, 15) is 9.59 Å². The van der Waals surface area contributed by atoms with E-state index in [0.717, 1.165) is 16.9 Å². The Morgan fingerprint density at radius 3 is 2.21 bits per heavy atom. The molecule has 6 heteroatoms. The zero-order valence-corrected chi connectivity index (χ0v) is 11.6. The number of halogens is 1. The molecule has 2 aromatic rings. The van der Waals surface area contributed by atoms with Gasteiger partial charge >= 0.3 is 0 Å². The van der Waals surface area contributed by atoms with E-state index >= 15 is 0 Å². The molecule has 0 aliphatic heterocycles. The van der Waals surface area contributed by atoms with Crippen molar-refractivity contribution in [2.24, 2.45) is 0 Å². The third kappa shape index (κ3) is 3.56.